The van der Waals surface area contributed by atoms with Crippen LogP contribution < -0.4 is 16.6 Å². The van der Waals surface area contributed by atoms with Gasteiger partial charge < -0.3 is 14.8 Å². The second kappa shape index (κ2) is 6.93. The van der Waals surface area contributed by atoms with Crippen molar-refractivity contribution in [3.05, 3.63) is 45.1 Å². The number of esters is 1. The van der Waals surface area contributed by atoms with Gasteiger partial charge >= 0.3 is 11.7 Å². The van der Waals surface area contributed by atoms with Gasteiger partial charge in [-0.3, -0.25) is 19.1 Å². The van der Waals surface area contributed by atoms with Gasteiger partial charge in [0.1, 0.15) is 24.1 Å². The lowest BCUT2D eigenvalue weighted by Crippen LogP contribution is -2.34. The molecule has 1 aromatic carbocycles. The average Bonchev–Trinajstić information content (AvgIpc) is 2.55. The number of aromatic nitrogens is 2. The Hall–Kier alpha value is -2.52. The van der Waals surface area contributed by atoms with E-state index >= 15 is 0 Å². The number of para-hydroxylation sites is 1. The van der Waals surface area contributed by atoms with Gasteiger partial charge in [-0.2, -0.15) is 0 Å². The van der Waals surface area contributed by atoms with Gasteiger partial charge in [0, 0.05) is 11.8 Å². The molecule has 0 bridgehead atoms. The van der Waals surface area contributed by atoms with Crippen LogP contribution in [0.25, 0.3) is 0 Å². The summed E-state index contributed by atoms with van der Waals surface area (Å²) in [6.07, 6.45) is 0. The summed E-state index contributed by atoms with van der Waals surface area (Å²) in [7, 11) is 0. The molecular formula is C15H15N3O5S. The first-order chi connectivity index (χ1) is 11.6. The van der Waals surface area contributed by atoms with Crippen molar-refractivity contribution in [3.8, 4) is 0 Å². The van der Waals surface area contributed by atoms with Crippen molar-refractivity contribution in [3.63, 3.8) is 0 Å². The molecule has 0 saturated heterocycles. The van der Waals surface area contributed by atoms with E-state index in [0.717, 1.165) is 10.6 Å². The highest BCUT2D eigenvalue weighted by Gasteiger charge is 2.22. The van der Waals surface area contributed by atoms with Crippen LogP contribution in [0.1, 0.15) is 6.92 Å². The largest absolute Gasteiger partial charge is 0.463 e. The normalized spacial score (nSPS) is 12.0. The van der Waals surface area contributed by atoms with Crippen molar-refractivity contribution in [2.45, 2.75) is 23.6 Å². The van der Waals surface area contributed by atoms with Crippen molar-refractivity contribution < 1.29 is 14.3 Å². The van der Waals surface area contributed by atoms with Gasteiger partial charge in [-0.25, -0.2) is 4.79 Å². The highest BCUT2D eigenvalue weighted by atomic mass is 32.2. The molecule has 126 valence electrons. The zero-order valence-electron chi connectivity index (χ0n) is 12.8. The first-order valence-electron chi connectivity index (χ1n) is 7.18. The third-order valence-electron chi connectivity index (χ3n) is 3.26. The molecule has 1 aromatic heterocycles. The standard InChI is InChI=1S/C15H15N3O5S/c1-9(19)23-7-6-22-8-18-14-12(13(20)17-15(18)21)16-10-4-2-3-5-11(10)24-14/h2-5,16H,6-8H2,1H3,(H,17,20,21). The van der Waals surface area contributed by atoms with E-state index in [1.54, 1.807) is 0 Å². The quantitative estimate of drug-likeness (QED) is 0.406. The summed E-state index contributed by atoms with van der Waals surface area (Å²) in [6.45, 7) is 1.50. The number of anilines is 2. The first kappa shape index (κ1) is 16.3. The number of hydrogen-bond donors (Lipinski definition) is 2. The van der Waals surface area contributed by atoms with Crippen molar-refractivity contribution in [2.24, 2.45) is 0 Å². The number of aromatic amines is 1. The highest BCUT2D eigenvalue weighted by molar-refractivity contribution is 7.99. The number of carbonyl (C=O) groups is 1. The zero-order valence-corrected chi connectivity index (χ0v) is 13.6. The van der Waals surface area contributed by atoms with Crippen LogP contribution in [0, 0.1) is 0 Å². The van der Waals surface area contributed by atoms with Crippen molar-refractivity contribution in [2.75, 3.05) is 18.5 Å². The minimum Gasteiger partial charge on any atom is -0.463 e. The number of H-pyrrole nitrogens is 1. The summed E-state index contributed by atoms with van der Waals surface area (Å²) in [5.74, 6) is -0.395. The third kappa shape index (κ3) is 3.36. The van der Waals surface area contributed by atoms with E-state index in [0.29, 0.717) is 10.7 Å². The number of benzene rings is 1. The molecule has 0 spiro atoms. The van der Waals surface area contributed by atoms with Gasteiger partial charge in [0.05, 0.1) is 12.3 Å². The van der Waals surface area contributed by atoms with Crippen LogP contribution in [0.4, 0.5) is 11.4 Å². The van der Waals surface area contributed by atoms with Gasteiger partial charge in [0.25, 0.3) is 5.56 Å². The maximum atomic E-state index is 12.1. The Morgan fingerprint density at radius 1 is 1.25 bits per heavy atom. The topological polar surface area (TPSA) is 102 Å². The third-order valence-corrected chi connectivity index (χ3v) is 4.45. The summed E-state index contributed by atoms with van der Waals surface area (Å²) in [4.78, 5) is 38.0. The molecule has 0 fully saturated rings. The highest BCUT2D eigenvalue weighted by Crippen LogP contribution is 2.41. The van der Waals surface area contributed by atoms with Crippen molar-refractivity contribution in [1.29, 1.82) is 0 Å². The molecule has 0 atom stereocenters. The fraction of sp³-hybridized carbons (Fsp3) is 0.267. The Morgan fingerprint density at radius 2 is 2.04 bits per heavy atom. The number of nitrogens with zero attached hydrogens (tertiary/aromatic N) is 1. The lowest BCUT2D eigenvalue weighted by molar-refractivity contribution is -0.142. The predicted molar refractivity (Wildman–Crippen MR) is 87.8 cm³/mol. The fourth-order valence-corrected chi connectivity index (χ4v) is 3.26. The molecule has 9 heteroatoms. The Bertz CT molecular complexity index is 889. The number of nitrogens with one attached hydrogen (secondary N) is 2. The monoisotopic (exact) mass is 349 g/mol. The number of carbonyl (C=O) groups excluding carboxylic acids is 1. The SMILES string of the molecule is CC(=O)OCCOCn1c2c(c(=O)[nH]c1=O)Nc1ccccc1S2. The van der Waals surface area contributed by atoms with Gasteiger partial charge in [-0.1, -0.05) is 23.9 Å². The average molecular weight is 349 g/mol. The lowest BCUT2D eigenvalue weighted by Gasteiger charge is -2.22. The predicted octanol–water partition coefficient (Wildman–Crippen LogP) is 1.28. The van der Waals surface area contributed by atoms with Crippen LogP contribution in [-0.4, -0.2) is 28.7 Å². The van der Waals surface area contributed by atoms with Gasteiger partial charge in [0.2, 0.25) is 0 Å². The second-order valence-corrected chi connectivity index (χ2v) is 6.00. The van der Waals surface area contributed by atoms with E-state index in [1.807, 2.05) is 24.3 Å². The zero-order chi connectivity index (χ0) is 17.1. The van der Waals surface area contributed by atoms with Crippen molar-refractivity contribution >= 4 is 29.1 Å². The summed E-state index contributed by atoms with van der Waals surface area (Å²) >= 11 is 1.32. The van der Waals surface area contributed by atoms with Crippen LogP contribution >= 0.6 is 11.8 Å². The molecule has 1 aliphatic heterocycles. The molecule has 8 nitrogen and oxygen atoms in total. The number of rotatable bonds is 5. The smallest absolute Gasteiger partial charge is 0.331 e. The van der Waals surface area contributed by atoms with Crippen LogP contribution in [0.3, 0.4) is 0 Å². The Kier molecular flexibility index (Phi) is 4.72. The number of hydrogen-bond acceptors (Lipinski definition) is 7. The van der Waals surface area contributed by atoms with E-state index in [9.17, 15) is 14.4 Å². The molecule has 0 radical (unpaired) electrons. The van der Waals surface area contributed by atoms with Gasteiger partial charge in [-0.15, -0.1) is 0 Å². The molecule has 0 saturated carbocycles. The fourth-order valence-electron chi connectivity index (χ4n) is 2.18. The number of ether oxygens (including phenoxy) is 2. The molecule has 3 rings (SSSR count). The molecule has 2 N–H and O–H groups in total. The van der Waals surface area contributed by atoms with E-state index < -0.39 is 17.2 Å². The Balaban J connectivity index is 1.83. The molecule has 2 aromatic rings. The molecular weight excluding hydrogens is 334 g/mol. The molecule has 0 aliphatic carbocycles. The summed E-state index contributed by atoms with van der Waals surface area (Å²) < 4.78 is 11.5. The second-order valence-electron chi connectivity index (χ2n) is 4.97. The molecule has 24 heavy (non-hydrogen) atoms. The minimum absolute atomic E-state index is 0.0595. The summed E-state index contributed by atoms with van der Waals surface area (Å²) in [5, 5.41) is 3.53. The molecule has 0 unspecified atom stereocenters. The van der Waals surface area contributed by atoms with Gasteiger partial charge in [0.15, 0.2) is 0 Å². The molecule has 0 amide bonds. The molecule has 1 aliphatic rings. The maximum absolute atomic E-state index is 12.1. The van der Waals surface area contributed by atoms with Crippen molar-refractivity contribution in [1.82, 2.24) is 9.55 Å². The minimum atomic E-state index is -0.556. The number of fused-ring (bicyclic) bond motifs is 2. The van der Waals surface area contributed by atoms with E-state index in [1.165, 1.54) is 23.3 Å². The lowest BCUT2D eigenvalue weighted by atomic mass is 10.3. The van der Waals surface area contributed by atoms with Gasteiger partial charge in [-0.05, 0) is 12.1 Å². The molecule has 2 heterocycles. The van der Waals surface area contributed by atoms with Crippen LogP contribution in [-0.2, 0) is 21.0 Å². The summed E-state index contributed by atoms with van der Waals surface area (Å²) in [6, 6.07) is 7.49. The van der Waals surface area contributed by atoms with Crippen LogP contribution in [0.15, 0.2) is 43.8 Å². The van der Waals surface area contributed by atoms with E-state index in [-0.39, 0.29) is 19.9 Å². The summed E-state index contributed by atoms with van der Waals surface area (Å²) in [5.41, 5.74) is 0.0800. The van der Waals surface area contributed by atoms with E-state index in [2.05, 4.69) is 10.3 Å². The Morgan fingerprint density at radius 3 is 2.83 bits per heavy atom. The Labute approximate surface area is 140 Å². The first-order valence-corrected chi connectivity index (χ1v) is 8.00. The van der Waals surface area contributed by atoms with Crippen LogP contribution in [0.2, 0.25) is 0 Å². The van der Waals surface area contributed by atoms with Crippen LogP contribution in [0.5, 0.6) is 0 Å². The van der Waals surface area contributed by atoms with E-state index in [4.69, 9.17) is 9.47 Å². The maximum Gasteiger partial charge on any atom is 0.331 e.